The van der Waals surface area contributed by atoms with Crippen LogP contribution in [0.4, 0.5) is 0 Å². The number of carbonyl (C=O) groups is 3. The molecule has 0 unspecified atom stereocenters. The van der Waals surface area contributed by atoms with E-state index in [1.54, 1.807) is 17.5 Å². The average molecular weight is 388 g/mol. The second-order valence-electron chi connectivity index (χ2n) is 7.10. The van der Waals surface area contributed by atoms with Gasteiger partial charge in [0.2, 0.25) is 0 Å². The number of benzene rings is 1. The molecule has 1 aromatic carbocycles. The molecule has 2 rings (SSSR count). The van der Waals surface area contributed by atoms with Crippen molar-refractivity contribution < 1.29 is 19.1 Å². The van der Waals surface area contributed by atoms with Gasteiger partial charge in [0, 0.05) is 12.0 Å². The monoisotopic (exact) mass is 388 g/mol. The highest BCUT2D eigenvalue weighted by Gasteiger charge is 2.25. The Morgan fingerprint density at radius 2 is 1.78 bits per heavy atom. The van der Waals surface area contributed by atoms with Crippen molar-refractivity contribution in [2.75, 3.05) is 6.61 Å². The van der Waals surface area contributed by atoms with E-state index >= 15 is 0 Å². The summed E-state index contributed by atoms with van der Waals surface area (Å²) in [6.45, 7) is 5.13. The van der Waals surface area contributed by atoms with Crippen LogP contribution in [-0.4, -0.2) is 36.0 Å². The molecule has 27 heavy (non-hydrogen) atoms. The van der Waals surface area contributed by atoms with Crippen molar-refractivity contribution in [2.24, 2.45) is 0 Å². The molecule has 0 saturated carbocycles. The Labute approximate surface area is 162 Å². The predicted molar refractivity (Wildman–Crippen MR) is 105 cm³/mol. The minimum absolute atomic E-state index is 0.275. The number of hydrogen-bond donors (Lipinski definition) is 2. The van der Waals surface area contributed by atoms with E-state index in [0.29, 0.717) is 4.88 Å². The van der Waals surface area contributed by atoms with E-state index in [1.807, 2.05) is 51.1 Å². The first-order valence-electron chi connectivity index (χ1n) is 8.60. The minimum Gasteiger partial charge on any atom is -0.454 e. The number of carbonyl (C=O) groups excluding carboxylic acids is 3. The van der Waals surface area contributed by atoms with Gasteiger partial charge in [-0.15, -0.1) is 11.3 Å². The highest BCUT2D eigenvalue weighted by molar-refractivity contribution is 7.12. The van der Waals surface area contributed by atoms with Gasteiger partial charge >= 0.3 is 5.97 Å². The van der Waals surface area contributed by atoms with Gasteiger partial charge in [0.05, 0.1) is 4.88 Å². The Balaban J connectivity index is 2.02. The fourth-order valence-electron chi connectivity index (χ4n) is 2.37. The summed E-state index contributed by atoms with van der Waals surface area (Å²) >= 11 is 1.29. The third-order valence-corrected chi connectivity index (χ3v) is 4.35. The van der Waals surface area contributed by atoms with Crippen molar-refractivity contribution in [3.8, 4) is 0 Å². The molecule has 0 bridgehead atoms. The molecule has 0 saturated heterocycles. The van der Waals surface area contributed by atoms with Gasteiger partial charge in [0.15, 0.2) is 6.61 Å². The topological polar surface area (TPSA) is 84.5 Å². The van der Waals surface area contributed by atoms with Crippen LogP contribution in [0.2, 0.25) is 0 Å². The third-order valence-electron chi connectivity index (χ3n) is 3.48. The maximum absolute atomic E-state index is 12.5. The van der Waals surface area contributed by atoms with Crippen LogP contribution in [0.15, 0.2) is 47.8 Å². The molecule has 2 N–H and O–H groups in total. The molecule has 6 nitrogen and oxygen atoms in total. The number of thiophene rings is 1. The van der Waals surface area contributed by atoms with Crippen LogP contribution in [0.1, 0.15) is 36.0 Å². The van der Waals surface area contributed by atoms with Crippen molar-refractivity contribution in [3.05, 3.63) is 58.3 Å². The van der Waals surface area contributed by atoms with Crippen molar-refractivity contribution in [2.45, 2.75) is 38.8 Å². The summed E-state index contributed by atoms with van der Waals surface area (Å²) in [7, 11) is 0. The van der Waals surface area contributed by atoms with E-state index in [1.165, 1.54) is 11.3 Å². The largest absolute Gasteiger partial charge is 0.454 e. The molecule has 0 aliphatic heterocycles. The minimum atomic E-state index is -0.885. The first kappa shape index (κ1) is 20.6. The van der Waals surface area contributed by atoms with Crippen LogP contribution in [0.5, 0.6) is 0 Å². The standard InChI is InChI=1S/C20H24N2O4S/c1-20(2,3)22-17(23)13-26-19(25)15(12-14-8-5-4-6-9-14)21-18(24)16-10-7-11-27-16/h4-11,15H,12-13H2,1-3H3,(H,21,24)(H,22,23)/t15-/m0/s1. The zero-order valence-electron chi connectivity index (χ0n) is 15.7. The molecule has 0 radical (unpaired) electrons. The fourth-order valence-corrected chi connectivity index (χ4v) is 3.00. The number of ether oxygens (including phenoxy) is 1. The molecule has 0 aliphatic rings. The van der Waals surface area contributed by atoms with Crippen molar-refractivity contribution in [1.82, 2.24) is 10.6 Å². The second-order valence-corrected chi connectivity index (χ2v) is 8.05. The van der Waals surface area contributed by atoms with E-state index in [4.69, 9.17) is 4.74 Å². The van der Waals surface area contributed by atoms with Crippen LogP contribution >= 0.6 is 11.3 Å². The van der Waals surface area contributed by atoms with Gasteiger partial charge in [0.25, 0.3) is 11.8 Å². The van der Waals surface area contributed by atoms with E-state index in [0.717, 1.165) is 5.56 Å². The van der Waals surface area contributed by atoms with Crippen molar-refractivity contribution in [1.29, 1.82) is 0 Å². The number of nitrogens with one attached hydrogen (secondary N) is 2. The van der Waals surface area contributed by atoms with E-state index in [-0.39, 0.29) is 18.2 Å². The summed E-state index contributed by atoms with van der Waals surface area (Å²) in [4.78, 5) is 37.2. The molecule has 0 aliphatic carbocycles. The lowest BCUT2D eigenvalue weighted by Gasteiger charge is -2.21. The van der Waals surface area contributed by atoms with Crippen LogP contribution in [0.25, 0.3) is 0 Å². The Morgan fingerprint density at radius 1 is 1.07 bits per heavy atom. The Bertz CT molecular complexity index is 767. The average Bonchev–Trinajstić information content (AvgIpc) is 3.13. The molecule has 0 fully saturated rings. The smallest absolute Gasteiger partial charge is 0.329 e. The quantitative estimate of drug-likeness (QED) is 0.714. The van der Waals surface area contributed by atoms with Gasteiger partial charge < -0.3 is 15.4 Å². The van der Waals surface area contributed by atoms with Gasteiger partial charge in [0.1, 0.15) is 6.04 Å². The summed E-state index contributed by atoms with van der Waals surface area (Å²) in [6, 6.07) is 11.9. The number of hydrogen-bond acceptors (Lipinski definition) is 5. The number of amides is 2. The zero-order chi connectivity index (χ0) is 19.9. The summed E-state index contributed by atoms with van der Waals surface area (Å²) in [5, 5.41) is 7.22. The lowest BCUT2D eigenvalue weighted by atomic mass is 10.1. The van der Waals surface area contributed by atoms with Crippen molar-refractivity contribution in [3.63, 3.8) is 0 Å². The second kappa shape index (κ2) is 9.32. The molecule has 0 spiro atoms. The first-order chi connectivity index (χ1) is 12.7. The lowest BCUT2D eigenvalue weighted by molar-refractivity contribution is -0.150. The number of rotatable bonds is 7. The van der Waals surface area contributed by atoms with E-state index in [9.17, 15) is 14.4 Å². The van der Waals surface area contributed by atoms with Gasteiger partial charge in [-0.25, -0.2) is 4.79 Å². The number of esters is 1. The third kappa shape index (κ3) is 7.22. The van der Waals surface area contributed by atoms with Gasteiger partial charge in [-0.3, -0.25) is 9.59 Å². The normalized spacial score (nSPS) is 12.1. The van der Waals surface area contributed by atoms with Gasteiger partial charge in [-0.2, -0.15) is 0 Å². The SMILES string of the molecule is CC(C)(C)NC(=O)COC(=O)[C@H](Cc1ccccc1)NC(=O)c1cccs1. The Kier molecular flexibility index (Phi) is 7.12. The lowest BCUT2D eigenvalue weighted by Crippen LogP contribution is -2.46. The highest BCUT2D eigenvalue weighted by atomic mass is 32.1. The summed E-state index contributed by atoms with van der Waals surface area (Å²) < 4.78 is 5.14. The predicted octanol–water partition coefficient (Wildman–Crippen LogP) is 2.55. The van der Waals surface area contributed by atoms with Crippen LogP contribution in [-0.2, 0) is 20.7 Å². The van der Waals surface area contributed by atoms with E-state index < -0.39 is 24.2 Å². The fraction of sp³-hybridized carbons (Fsp3) is 0.350. The zero-order valence-corrected chi connectivity index (χ0v) is 16.5. The first-order valence-corrected chi connectivity index (χ1v) is 9.48. The molecule has 2 amide bonds. The molecule has 1 atom stereocenters. The maximum Gasteiger partial charge on any atom is 0.329 e. The molecule has 1 aromatic heterocycles. The van der Waals surface area contributed by atoms with Crippen LogP contribution in [0, 0.1) is 0 Å². The summed E-state index contributed by atoms with van der Waals surface area (Å²) in [5.41, 5.74) is 0.463. The van der Waals surface area contributed by atoms with Crippen molar-refractivity contribution >= 4 is 29.1 Å². The van der Waals surface area contributed by atoms with Crippen LogP contribution in [0.3, 0.4) is 0 Å². The van der Waals surface area contributed by atoms with Crippen LogP contribution < -0.4 is 10.6 Å². The molecular formula is C20H24N2O4S. The summed E-state index contributed by atoms with van der Waals surface area (Å²) in [6.07, 6.45) is 0.275. The van der Waals surface area contributed by atoms with Gasteiger partial charge in [-0.05, 0) is 37.8 Å². The van der Waals surface area contributed by atoms with E-state index in [2.05, 4.69) is 10.6 Å². The Morgan fingerprint density at radius 3 is 2.37 bits per heavy atom. The summed E-state index contributed by atoms with van der Waals surface area (Å²) in [5.74, 6) is -1.38. The molecular weight excluding hydrogens is 364 g/mol. The van der Waals surface area contributed by atoms with Gasteiger partial charge in [-0.1, -0.05) is 36.4 Å². The molecule has 7 heteroatoms. The Hall–Kier alpha value is -2.67. The molecule has 144 valence electrons. The molecule has 1 heterocycles. The maximum atomic E-state index is 12.5. The molecule has 2 aromatic rings. The highest BCUT2D eigenvalue weighted by Crippen LogP contribution is 2.10.